The molecule has 0 fully saturated rings. The number of rotatable bonds is 1. The van der Waals surface area contributed by atoms with Crippen molar-refractivity contribution in [3.63, 3.8) is 0 Å². The van der Waals surface area contributed by atoms with Gasteiger partial charge in [0.15, 0.2) is 0 Å². The summed E-state index contributed by atoms with van der Waals surface area (Å²) in [6.45, 7) is 0. The zero-order valence-electron chi connectivity index (χ0n) is 6.75. The van der Waals surface area contributed by atoms with Crippen LogP contribution >= 0.6 is 11.6 Å². The molecule has 0 aliphatic carbocycles. The summed E-state index contributed by atoms with van der Waals surface area (Å²) in [7, 11) is 0. The van der Waals surface area contributed by atoms with Gasteiger partial charge in [-0.2, -0.15) is 17.6 Å². The number of nitrogens with zero attached hydrogens (tertiary/aromatic N) is 1. The molecule has 0 bridgehead atoms. The van der Waals surface area contributed by atoms with E-state index < -0.39 is 34.7 Å². The van der Waals surface area contributed by atoms with Crippen LogP contribution in [0.15, 0.2) is 6.20 Å². The maximum Gasteiger partial charge on any atom is 0.422 e. The van der Waals surface area contributed by atoms with E-state index in [0.717, 1.165) is 0 Å². The van der Waals surface area contributed by atoms with Crippen LogP contribution in [-0.4, -0.2) is 4.98 Å². The molecule has 0 amide bonds. The van der Waals surface area contributed by atoms with Crippen LogP contribution in [0.5, 0.6) is 0 Å². The summed E-state index contributed by atoms with van der Waals surface area (Å²) in [6, 6.07) is 0. The van der Waals surface area contributed by atoms with Crippen LogP contribution in [0.4, 0.5) is 26.3 Å². The zero-order chi connectivity index (χ0) is 11.8. The van der Waals surface area contributed by atoms with Crippen LogP contribution in [0.3, 0.4) is 0 Å². The maximum atomic E-state index is 12.6. The summed E-state index contributed by atoms with van der Waals surface area (Å²) in [5.74, 6) is -1.92. The minimum absolute atomic E-state index is 0.275. The molecule has 0 N–H and O–H groups in total. The Hall–Kier alpha value is -0.980. The largest absolute Gasteiger partial charge is 0.422 e. The smallest absolute Gasteiger partial charge is 0.227 e. The minimum atomic E-state index is -5.15. The molecule has 0 aliphatic rings. The molecular formula is C7H2ClF6N. The lowest BCUT2D eigenvalue weighted by Crippen LogP contribution is -2.12. The predicted molar refractivity (Wildman–Crippen MR) is 39.2 cm³/mol. The molecule has 1 aromatic heterocycles. The molecule has 0 atom stereocenters. The molecule has 1 nitrogen and oxygen atoms in total. The van der Waals surface area contributed by atoms with E-state index in [9.17, 15) is 26.3 Å². The summed E-state index contributed by atoms with van der Waals surface area (Å²) in [6.07, 6.45) is -8.12. The van der Waals surface area contributed by atoms with Crippen LogP contribution in [0.25, 0.3) is 0 Å². The van der Waals surface area contributed by atoms with Crippen LogP contribution in [-0.2, 0) is 6.18 Å². The Morgan fingerprint density at radius 2 is 1.80 bits per heavy atom. The molecule has 1 heterocycles. The first-order valence-electron chi connectivity index (χ1n) is 3.44. The Morgan fingerprint density at radius 1 is 1.27 bits per heavy atom. The molecule has 1 rings (SSSR count). The van der Waals surface area contributed by atoms with Crippen molar-refractivity contribution in [2.45, 2.75) is 12.6 Å². The molecule has 0 aliphatic heterocycles. The average Bonchev–Trinajstić information content (AvgIpc) is 2.00. The van der Waals surface area contributed by atoms with Gasteiger partial charge in [-0.25, -0.2) is 13.8 Å². The number of aromatic nitrogens is 1. The van der Waals surface area contributed by atoms with E-state index in [-0.39, 0.29) is 6.20 Å². The Bertz CT molecular complexity index is 374. The summed E-state index contributed by atoms with van der Waals surface area (Å²) in [4.78, 5) is 2.58. The zero-order valence-corrected chi connectivity index (χ0v) is 7.50. The van der Waals surface area contributed by atoms with E-state index in [0.29, 0.717) is 0 Å². The number of alkyl halides is 5. The lowest BCUT2D eigenvalue weighted by Gasteiger charge is -2.11. The molecule has 1 aromatic rings. The van der Waals surface area contributed by atoms with Crippen molar-refractivity contribution in [2.24, 2.45) is 0 Å². The number of hydrogen-bond donors (Lipinski definition) is 0. The molecule has 0 saturated carbocycles. The molecule has 0 spiro atoms. The first kappa shape index (κ1) is 12.1. The van der Waals surface area contributed by atoms with Crippen molar-refractivity contribution in [3.8, 4) is 0 Å². The van der Waals surface area contributed by atoms with Crippen molar-refractivity contribution in [3.05, 3.63) is 28.3 Å². The number of halogens is 7. The van der Waals surface area contributed by atoms with E-state index in [1.165, 1.54) is 0 Å². The SMILES string of the molecule is Fc1ncc(C(F)F)c(Cl)c1C(F)(F)F. The van der Waals surface area contributed by atoms with Crippen LogP contribution in [0, 0.1) is 5.95 Å². The number of hydrogen-bond acceptors (Lipinski definition) is 1. The van der Waals surface area contributed by atoms with Crippen LogP contribution in [0.2, 0.25) is 5.02 Å². The van der Waals surface area contributed by atoms with E-state index in [2.05, 4.69) is 4.98 Å². The fourth-order valence-electron chi connectivity index (χ4n) is 0.876. The van der Waals surface area contributed by atoms with Crippen molar-refractivity contribution in [1.29, 1.82) is 0 Å². The topological polar surface area (TPSA) is 12.9 Å². The quantitative estimate of drug-likeness (QED) is 0.544. The third-order valence-electron chi connectivity index (χ3n) is 1.51. The van der Waals surface area contributed by atoms with Gasteiger partial charge in [0.05, 0.1) is 10.6 Å². The third-order valence-corrected chi connectivity index (χ3v) is 1.92. The molecular weight excluding hydrogens is 248 g/mol. The second kappa shape index (κ2) is 3.88. The maximum absolute atomic E-state index is 12.6. The highest BCUT2D eigenvalue weighted by Gasteiger charge is 2.39. The fraction of sp³-hybridized carbons (Fsp3) is 0.286. The first-order valence-corrected chi connectivity index (χ1v) is 3.82. The monoisotopic (exact) mass is 249 g/mol. The normalized spacial score (nSPS) is 12.3. The molecule has 15 heavy (non-hydrogen) atoms. The second-order valence-electron chi connectivity index (χ2n) is 2.49. The van der Waals surface area contributed by atoms with Gasteiger partial charge in [-0.15, -0.1) is 0 Å². The van der Waals surface area contributed by atoms with Gasteiger partial charge in [0.1, 0.15) is 5.56 Å². The lowest BCUT2D eigenvalue weighted by atomic mass is 10.2. The van der Waals surface area contributed by atoms with Gasteiger partial charge in [0.25, 0.3) is 6.43 Å². The van der Waals surface area contributed by atoms with E-state index >= 15 is 0 Å². The van der Waals surface area contributed by atoms with Gasteiger partial charge in [0, 0.05) is 6.20 Å². The fourth-order valence-corrected chi connectivity index (χ4v) is 1.19. The van der Waals surface area contributed by atoms with Gasteiger partial charge in [-0.05, 0) is 0 Å². The average molecular weight is 250 g/mol. The second-order valence-corrected chi connectivity index (χ2v) is 2.87. The minimum Gasteiger partial charge on any atom is -0.227 e. The van der Waals surface area contributed by atoms with Gasteiger partial charge < -0.3 is 0 Å². The van der Waals surface area contributed by atoms with E-state index in [4.69, 9.17) is 11.6 Å². The Labute approximate surface area is 84.7 Å². The first-order chi connectivity index (χ1) is 6.75. The van der Waals surface area contributed by atoms with Crippen LogP contribution < -0.4 is 0 Å². The Balaban J connectivity index is 3.44. The molecule has 84 valence electrons. The van der Waals surface area contributed by atoms with Crippen molar-refractivity contribution >= 4 is 11.6 Å². The highest BCUT2D eigenvalue weighted by Crippen LogP contribution is 2.39. The van der Waals surface area contributed by atoms with E-state index in [1.807, 2.05) is 0 Å². The standard InChI is InChI=1S/C7H2ClF6N/c8-4-2(5(9)10)1-15-6(11)3(4)7(12,13)14/h1,5H. The summed E-state index contributed by atoms with van der Waals surface area (Å²) < 4.78 is 73.3. The molecule has 0 radical (unpaired) electrons. The molecule has 0 saturated heterocycles. The van der Waals surface area contributed by atoms with Gasteiger partial charge in [-0.1, -0.05) is 11.6 Å². The van der Waals surface area contributed by atoms with Crippen molar-refractivity contribution < 1.29 is 26.3 Å². The summed E-state index contributed by atoms with van der Waals surface area (Å²) in [5, 5.41) is -1.36. The molecule has 0 unspecified atom stereocenters. The summed E-state index contributed by atoms with van der Waals surface area (Å²) >= 11 is 5.01. The Morgan fingerprint density at radius 3 is 2.20 bits per heavy atom. The van der Waals surface area contributed by atoms with Crippen LogP contribution in [0.1, 0.15) is 17.6 Å². The highest BCUT2D eigenvalue weighted by molar-refractivity contribution is 6.32. The van der Waals surface area contributed by atoms with Gasteiger partial charge >= 0.3 is 6.18 Å². The van der Waals surface area contributed by atoms with Crippen molar-refractivity contribution in [2.75, 3.05) is 0 Å². The number of pyridine rings is 1. The molecule has 8 heteroatoms. The third kappa shape index (κ3) is 2.34. The predicted octanol–water partition coefficient (Wildman–Crippen LogP) is 3.83. The Kier molecular flexibility index (Phi) is 3.13. The lowest BCUT2D eigenvalue weighted by molar-refractivity contribution is -0.140. The van der Waals surface area contributed by atoms with E-state index in [1.54, 1.807) is 0 Å². The molecule has 0 aromatic carbocycles. The van der Waals surface area contributed by atoms with Gasteiger partial charge in [0.2, 0.25) is 5.95 Å². The highest BCUT2D eigenvalue weighted by atomic mass is 35.5. The summed E-state index contributed by atoms with van der Waals surface area (Å²) in [5.41, 5.74) is -3.12. The van der Waals surface area contributed by atoms with Crippen molar-refractivity contribution in [1.82, 2.24) is 4.98 Å². The van der Waals surface area contributed by atoms with Gasteiger partial charge in [-0.3, -0.25) is 0 Å².